The number of piperazine rings is 1. The third kappa shape index (κ3) is 3.79. The summed E-state index contributed by atoms with van der Waals surface area (Å²) in [5, 5.41) is 6.17. The average Bonchev–Trinajstić information content (AvgIpc) is 2.46. The molecular formula is C14H19N3O2. The number of hydrazone groups is 1. The third-order valence-corrected chi connectivity index (χ3v) is 3.19. The van der Waals surface area contributed by atoms with E-state index in [9.17, 15) is 4.79 Å². The number of methoxy groups -OCH3 is 1. The molecule has 0 radical (unpaired) electrons. The molecule has 1 saturated heterocycles. The first-order chi connectivity index (χ1) is 9.19. The Kier molecular flexibility index (Phi) is 4.52. The Morgan fingerprint density at radius 1 is 1.21 bits per heavy atom. The van der Waals surface area contributed by atoms with Crippen LogP contribution in [0.4, 0.5) is 0 Å². The predicted octanol–water partition coefficient (Wildman–Crippen LogP) is 1.11. The number of likely N-dealkylation sites (N-methyl/N-ethyl adjacent to an activating group) is 1. The van der Waals surface area contributed by atoms with Gasteiger partial charge in [-0.15, -0.1) is 0 Å². The fraction of sp³-hybridized carbons (Fsp3) is 0.429. The van der Waals surface area contributed by atoms with Crippen LogP contribution in [-0.2, 0) is 0 Å². The maximum absolute atomic E-state index is 11.9. The molecule has 5 heteroatoms. The summed E-state index contributed by atoms with van der Waals surface area (Å²) in [5.41, 5.74) is 0.624. The van der Waals surface area contributed by atoms with Gasteiger partial charge in [-0.25, -0.2) is 0 Å². The Bertz CT molecular complexity index is 448. The molecule has 1 aromatic carbocycles. The van der Waals surface area contributed by atoms with Crippen LogP contribution in [0, 0.1) is 0 Å². The Balaban J connectivity index is 1.92. The van der Waals surface area contributed by atoms with Crippen molar-refractivity contribution in [2.75, 3.05) is 40.3 Å². The molecule has 0 bridgehead atoms. The van der Waals surface area contributed by atoms with E-state index in [1.807, 2.05) is 5.01 Å². The van der Waals surface area contributed by atoms with Crippen molar-refractivity contribution in [2.24, 2.45) is 5.10 Å². The van der Waals surface area contributed by atoms with Gasteiger partial charge in [0.1, 0.15) is 5.75 Å². The molecule has 1 fully saturated rings. The minimum Gasteiger partial charge on any atom is -0.497 e. The molecule has 0 unspecified atom stereocenters. The maximum atomic E-state index is 11.9. The average molecular weight is 261 g/mol. The molecule has 0 saturated carbocycles. The second-order valence-corrected chi connectivity index (χ2v) is 4.59. The van der Waals surface area contributed by atoms with Crippen molar-refractivity contribution in [3.8, 4) is 5.75 Å². The number of carbonyl (C=O) groups excluding carboxylic acids is 1. The lowest BCUT2D eigenvalue weighted by atomic mass is 10.1. The fourth-order valence-electron chi connectivity index (χ4n) is 1.88. The number of hydrogen-bond acceptors (Lipinski definition) is 5. The van der Waals surface area contributed by atoms with E-state index < -0.39 is 0 Å². The Morgan fingerprint density at radius 2 is 1.84 bits per heavy atom. The first-order valence-corrected chi connectivity index (χ1v) is 6.35. The lowest BCUT2D eigenvalue weighted by molar-refractivity contribution is 0.106. The van der Waals surface area contributed by atoms with Gasteiger partial charge >= 0.3 is 0 Å². The SMILES string of the molecule is COc1ccc(C(=O)C=NN2CCN(C)CC2)cc1. The van der Waals surface area contributed by atoms with Crippen molar-refractivity contribution in [1.82, 2.24) is 9.91 Å². The number of hydrogen-bond donors (Lipinski definition) is 0. The van der Waals surface area contributed by atoms with Gasteiger partial charge in [-0.2, -0.15) is 5.10 Å². The zero-order valence-electron chi connectivity index (χ0n) is 11.4. The van der Waals surface area contributed by atoms with Gasteiger partial charge in [0.15, 0.2) is 0 Å². The maximum Gasteiger partial charge on any atom is 0.205 e. The third-order valence-electron chi connectivity index (χ3n) is 3.19. The fourth-order valence-corrected chi connectivity index (χ4v) is 1.88. The van der Waals surface area contributed by atoms with Crippen molar-refractivity contribution >= 4 is 12.0 Å². The standard InChI is InChI=1S/C14H19N3O2/c1-16-7-9-17(10-8-16)15-11-14(18)12-3-5-13(19-2)6-4-12/h3-6,11H,7-10H2,1-2H3. The summed E-state index contributed by atoms with van der Waals surface area (Å²) in [6.07, 6.45) is 1.40. The van der Waals surface area contributed by atoms with E-state index >= 15 is 0 Å². The van der Waals surface area contributed by atoms with Crippen LogP contribution >= 0.6 is 0 Å². The summed E-state index contributed by atoms with van der Waals surface area (Å²) in [7, 11) is 3.69. The normalized spacial score (nSPS) is 16.8. The Hall–Kier alpha value is -1.88. The van der Waals surface area contributed by atoms with Gasteiger partial charge in [0.2, 0.25) is 5.78 Å². The van der Waals surface area contributed by atoms with Gasteiger partial charge in [-0.05, 0) is 31.3 Å². The molecule has 1 heterocycles. The first-order valence-electron chi connectivity index (χ1n) is 6.35. The molecule has 19 heavy (non-hydrogen) atoms. The molecule has 5 nitrogen and oxygen atoms in total. The quantitative estimate of drug-likeness (QED) is 0.601. The predicted molar refractivity (Wildman–Crippen MR) is 74.9 cm³/mol. The lowest BCUT2D eigenvalue weighted by Crippen LogP contribution is -2.41. The lowest BCUT2D eigenvalue weighted by Gasteiger charge is -2.30. The van der Waals surface area contributed by atoms with Gasteiger partial charge in [-0.1, -0.05) is 0 Å². The van der Waals surface area contributed by atoms with Gasteiger partial charge in [0.05, 0.1) is 13.3 Å². The van der Waals surface area contributed by atoms with Crippen molar-refractivity contribution in [3.63, 3.8) is 0 Å². The molecule has 0 N–H and O–H groups in total. The van der Waals surface area contributed by atoms with Crippen molar-refractivity contribution in [2.45, 2.75) is 0 Å². The van der Waals surface area contributed by atoms with E-state index in [2.05, 4.69) is 17.0 Å². The Labute approximate surface area is 113 Å². The molecule has 0 atom stereocenters. The molecule has 2 rings (SSSR count). The van der Waals surface area contributed by atoms with Gasteiger partial charge in [0, 0.05) is 31.7 Å². The van der Waals surface area contributed by atoms with Crippen molar-refractivity contribution < 1.29 is 9.53 Å². The van der Waals surface area contributed by atoms with E-state index in [1.165, 1.54) is 6.21 Å². The molecule has 1 aromatic rings. The number of ether oxygens (including phenoxy) is 1. The molecule has 0 aromatic heterocycles. The van der Waals surface area contributed by atoms with E-state index in [4.69, 9.17) is 4.74 Å². The number of carbonyl (C=O) groups is 1. The van der Waals surface area contributed by atoms with E-state index in [-0.39, 0.29) is 5.78 Å². The molecule has 102 valence electrons. The van der Waals surface area contributed by atoms with E-state index in [1.54, 1.807) is 31.4 Å². The van der Waals surface area contributed by atoms with Crippen molar-refractivity contribution in [3.05, 3.63) is 29.8 Å². The summed E-state index contributed by atoms with van der Waals surface area (Å²) in [4.78, 5) is 14.2. The number of ketones is 1. The van der Waals surface area contributed by atoms with Gasteiger partial charge in [-0.3, -0.25) is 9.80 Å². The summed E-state index contributed by atoms with van der Waals surface area (Å²) in [5.74, 6) is 0.661. The molecule has 1 aliphatic heterocycles. The highest BCUT2D eigenvalue weighted by Gasteiger charge is 2.11. The highest BCUT2D eigenvalue weighted by Crippen LogP contribution is 2.11. The zero-order valence-corrected chi connectivity index (χ0v) is 11.4. The van der Waals surface area contributed by atoms with Crippen LogP contribution in [0.1, 0.15) is 10.4 Å². The molecule has 0 amide bonds. The van der Waals surface area contributed by atoms with Crippen LogP contribution in [0.25, 0.3) is 0 Å². The highest BCUT2D eigenvalue weighted by atomic mass is 16.5. The first kappa shape index (κ1) is 13.5. The van der Waals surface area contributed by atoms with Crippen LogP contribution in [0.2, 0.25) is 0 Å². The van der Waals surface area contributed by atoms with Gasteiger partial charge in [0.25, 0.3) is 0 Å². The van der Waals surface area contributed by atoms with Crippen LogP contribution in [0.15, 0.2) is 29.4 Å². The number of nitrogens with zero attached hydrogens (tertiary/aromatic N) is 3. The number of benzene rings is 1. The van der Waals surface area contributed by atoms with Crippen LogP contribution in [0.5, 0.6) is 5.75 Å². The monoisotopic (exact) mass is 261 g/mol. The largest absolute Gasteiger partial charge is 0.497 e. The zero-order chi connectivity index (χ0) is 13.7. The van der Waals surface area contributed by atoms with E-state index in [0.717, 1.165) is 31.9 Å². The highest BCUT2D eigenvalue weighted by molar-refractivity contribution is 6.35. The number of rotatable bonds is 4. The van der Waals surface area contributed by atoms with E-state index in [0.29, 0.717) is 5.56 Å². The van der Waals surface area contributed by atoms with Crippen LogP contribution in [-0.4, -0.2) is 62.2 Å². The van der Waals surface area contributed by atoms with Crippen molar-refractivity contribution in [1.29, 1.82) is 0 Å². The summed E-state index contributed by atoms with van der Waals surface area (Å²) < 4.78 is 5.06. The number of Topliss-reactive ketones (excluding diaryl/α,β-unsaturated/α-hetero) is 1. The molecule has 0 spiro atoms. The summed E-state index contributed by atoms with van der Waals surface area (Å²) >= 11 is 0. The molecule has 0 aliphatic carbocycles. The summed E-state index contributed by atoms with van der Waals surface area (Å²) in [6.45, 7) is 3.69. The second-order valence-electron chi connectivity index (χ2n) is 4.59. The van der Waals surface area contributed by atoms with Crippen LogP contribution in [0.3, 0.4) is 0 Å². The minimum atomic E-state index is -0.0819. The molecular weight excluding hydrogens is 242 g/mol. The molecule has 1 aliphatic rings. The summed E-state index contributed by atoms with van der Waals surface area (Å²) in [6, 6.07) is 7.04. The van der Waals surface area contributed by atoms with Crippen LogP contribution < -0.4 is 4.74 Å². The minimum absolute atomic E-state index is 0.0819. The topological polar surface area (TPSA) is 45.1 Å². The smallest absolute Gasteiger partial charge is 0.205 e. The Morgan fingerprint density at radius 3 is 2.42 bits per heavy atom. The second kappa shape index (κ2) is 6.33. The van der Waals surface area contributed by atoms with Gasteiger partial charge < -0.3 is 9.64 Å².